The smallest absolute Gasteiger partial charge is 0.303 e. The number of hydrogen-bond acceptors (Lipinski definition) is 6. The average molecular weight is 402 g/mol. The Morgan fingerprint density at radius 1 is 1.17 bits per heavy atom. The highest BCUT2D eigenvalue weighted by atomic mass is 16.5. The third-order valence-corrected chi connectivity index (χ3v) is 8.26. The number of aliphatic hydroxyl groups is 2. The summed E-state index contributed by atoms with van der Waals surface area (Å²) in [4.78, 5) is 35.9. The number of carbonyl (C=O) groups excluding carboxylic acids is 3. The zero-order valence-electron chi connectivity index (χ0n) is 17.4. The lowest BCUT2D eigenvalue weighted by Gasteiger charge is -2.55. The summed E-state index contributed by atoms with van der Waals surface area (Å²) in [7, 11) is 0. The van der Waals surface area contributed by atoms with Crippen molar-refractivity contribution in [2.75, 3.05) is 6.61 Å². The molecule has 0 heterocycles. The highest BCUT2D eigenvalue weighted by Crippen LogP contribution is 2.64. The fourth-order valence-electron chi connectivity index (χ4n) is 6.68. The summed E-state index contributed by atoms with van der Waals surface area (Å²) in [5, 5.41) is 22.7. The van der Waals surface area contributed by atoms with E-state index in [-0.39, 0.29) is 30.0 Å². The number of ether oxygens (including phenoxy) is 1. The fraction of sp³-hybridized carbons (Fsp3) is 0.696. The molecule has 0 radical (unpaired) electrons. The van der Waals surface area contributed by atoms with Gasteiger partial charge in [0.25, 0.3) is 0 Å². The Morgan fingerprint density at radius 3 is 2.59 bits per heavy atom. The number of ketones is 2. The molecule has 29 heavy (non-hydrogen) atoms. The minimum Gasteiger partial charge on any atom is -0.458 e. The van der Waals surface area contributed by atoms with Crippen LogP contribution in [0.3, 0.4) is 0 Å². The first-order valence-electron chi connectivity index (χ1n) is 10.6. The maximum Gasteiger partial charge on any atom is 0.303 e. The van der Waals surface area contributed by atoms with E-state index in [0.29, 0.717) is 12.8 Å². The van der Waals surface area contributed by atoms with Crippen LogP contribution in [0.1, 0.15) is 65.7 Å². The molecule has 6 heteroatoms. The van der Waals surface area contributed by atoms with Crippen LogP contribution in [0.2, 0.25) is 0 Å². The molecule has 0 aliphatic heterocycles. The lowest BCUT2D eigenvalue weighted by molar-refractivity contribution is -0.161. The van der Waals surface area contributed by atoms with Crippen LogP contribution in [0.15, 0.2) is 22.8 Å². The molecule has 0 aromatic rings. The molecule has 0 unspecified atom stereocenters. The SMILES string of the molecule is CC(=O)OCC(=O)[C@@]1(O)CCC2=C3CCC4=CC(=O)CC[C@]4(C)[C@H]3[C@@H](O)C[C@@]21C. The molecule has 158 valence electrons. The molecule has 2 fully saturated rings. The number of rotatable bonds is 3. The van der Waals surface area contributed by atoms with Gasteiger partial charge in [0.15, 0.2) is 12.4 Å². The van der Waals surface area contributed by atoms with Crippen molar-refractivity contribution in [1.82, 2.24) is 0 Å². The number of hydrogen-bond donors (Lipinski definition) is 2. The molecule has 5 atom stereocenters. The third kappa shape index (κ3) is 2.79. The normalized spacial score (nSPS) is 41.3. The summed E-state index contributed by atoms with van der Waals surface area (Å²) in [6.07, 6.45) is 4.98. The molecule has 0 spiro atoms. The number of Topliss-reactive ketones (excluding diaryl/α,β-unsaturated/α-hetero) is 1. The first kappa shape index (κ1) is 20.5. The summed E-state index contributed by atoms with van der Waals surface area (Å²) in [6.45, 7) is 4.80. The van der Waals surface area contributed by atoms with Crippen molar-refractivity contribution < 1.29 is 29.3 Å². The molecule has 0 amide bonds. The predicted octanol–water partition coefficient (Wildman–Crippen LogP) is 2.42. The van der Waals surface area contributed by atoms with Gasteiger partial charge < -0.3 is 14.9 Å². The van der Waals surface area contributed by atoms with Gasteiger partial charge in [-0.2, -0.15) is 0 Å². The molecule has 0 aromatic heterocycles. The minimum atomic E-state index is -1.64. The monoisotopic (exact) mass is 402 g/mol. The lowest BCUT2D eigenvalue weighted by Crippen LogP contribution is -2.57. The molecule has 0 aromatic carbocycles. The van der Waals surface area contributed by atoms with Gasteiger partial charge in [-0.3, -0.25) is 14.4 Å². The van der Waals surface area contributed by atoms with Crippen molar-refractivity contribution in [1.29, 1.82) is 0 Å². The van der Waals surface area contributed by atoms with E-state index in [2.05, 4.69) is 6.92 Å². The van der Waals surface area contributed by atoms with Crippen LogP contribution in [0.25, 0.3) is 0 Å². The molecule has 4 aliphatic carbocycles. The van der Waals surface area contributed by atoms with Gasteiger partial charge in [-0.1, -0.05) is 30.6 Å². The van der Waals surface area contributed by atoms with Crippen LogP contribution in [0.5, 0.6) is 0 Å². The van der Waals surface area contributed by atoms with Crippen molar-refractivity contribution in [3.63, 3.8) is 0 Å². The van der Waals surface area contributed by atoms with Gasteiger partial charge in [-0.05, 0) is 50.0 Å². The molecule has 0 saturated heterocycles. The van der Waals surface area contributed by atoms with Crippen molar-refractivity contribution in [3.8, 4) is 0 Å². The largest absolute Gasteiger partial charge is 0.458 e. The summed E-state index contributed by atoms with van der Waals surface area (Å²) in [5.74, 6) is -0.972. The second-order valence-electron chi connectivity index (χ2n) is 9.70. The molecule has 0 bridgehead atoms. The third-order valence-electron chi connectivity index (χ3n) is 8.26. The zero-order valence-corrected chi connectivity index (χ0v) is 17.4. The summed E-state index contributed by atoms with van der Waals surface area (Å²) in [6, 6.07) is 0. The second kappa shape index (κ2) is 6.61. The standard InChI is InChI=1S/C23H30O6/c1-13(24)29-12-19(27)23(28)9-7-17-16-5-4-14-10-15(25)6-8-21(14,2)20(16)18(26)11-22(17,23)3/h10,18,20,26,28H,4-9,11-12H2,1-3H3/t18-,20+,21-,22-,23-/m0/s1. The number of allylic oxidation sites excluding steroid dienone is 2. The van der Waals surface area contributed by atoms with Crippen molar-refractivity contribution in [2.45, 2.75) is 77.4 Å². The summed E-state index contributed by atoms with van der Waals surface area (Å²) < 4.78 is 4.87. The Bertz CT molecular complexity index is 853. The highest BCUT2D eigenvalue weighted by Gasteiger charge is 2.64. The first-order valence-corrected chi connectivity index (χ1v) is 10.6. The predicted molar refractivity (Wildman–Crippen MR) is 105 cm³/mol. The number of fused-ring (bicyclic) bond motifs is 4. The highest BCUT2D eigenvalue weighted by molar-refractivity contribution is 5.92. The van der Waals surface area contributed by atoms with Crippen LogP contribution in [-0.2, 0) is 19.1 Å². The quantitative estimate of drug-likeness (QED) is 0.555. The van der Waals surface area contributed by atoms with E-state index >= 15 is 0 Å². The van der Waals surface area contributed by atoms with E-state index in [4.69, 9.17) is 4.74 Å². The maximum atomic E-state index is 12.8. The summed E-state index contributed by atoms with van der Waals surface area (Å²) >= 11 is 0. The Labute approximate surface area is 171 Å². The molecule has 2 saturated carbocycles. The van der Waals surface area contributed by atoms with Crippen molar-refractivity contribution in [3.05, 3.63) is 22.8 Å². The fourth-order valence-corrected chi connectivity index (χ4v) is 6.68. The Balaban J connectivity index is 1.74. The van der Waals surface area contributed by atoms with Gasteiger partial charge in [0.2, 0.25) is 5.78 Å². The van der Waals surface area contributed by atoms with Crippen LogP contribution in [0, 0.1) is 16.7 Å². The maximum absolute atomic E-state index is 12.8. The number of aliphatic hydroxyl groups excluding tert-OH is 1. The number of carbonyl (C=O) groups is 3. The zero-order chi connectivity index (χ0) is 21.2. The van der Waals surface area contributed by atoms with E-state index in [1.54, 1.807) is 6.08 Å². The van der Waals surface area contributed by atoms with E-state index in [0.717, 1.165) is 36.0 Å². The van der Waals surface area contributed by atoms with Crippen LogP contribution >= 0.6 is 0 Å². The molecule has 6 nitrogen and oxygen atoms in total. The van der Waals surface area contributed by atoms with Gasteiger partial charge in [0.1, 0.15) is 5.60 Å². The van der Waals surface area contributed by atoms with Crippen LogP contribution in [-0.4, -0.2) is 46.1 Å². The molecule has 2 N–H and O–H groups in total. The van der Waals surface area contributed by atoms with E-state index in [9.17, 15) is 24.6 Å². The summed E-state index contributed by atoms with van der Waals surface area (Å²) in [5.41, 5.74) is 0.621. The second-order valence-corrected chi connectivity index (χ2v) is 9.70. The molecular weight excluding hydrogens is 372 g/mol. The van der Waals surface area contributed by atoms with Gasteiger partial charge in [-0.15, -0.1) is 0 Å². The number of esters is 1. The Kier molecular flexibility index (Phi) is 4.67. The van der Waals surface area contributed by atoms with E-state index in [1.165, 1.54) is 6.92 Å². The lowest BCUT2D eigenvalue weighted by atomic mass is 9.50. The van der Waals surface area contributed by atoms with Gasteiger partial charge in [0.05, 0.1) is 6.10 Å². The van der Waals surface area contributed by atoms with Crippen molar-refractivity contribution in [2.24, 2.45) is 16.7 Å². The van der Waals surface area contributed by atoms with Gasteiger partial charge in [-0.25, -0.2) is 0 Å². The van der Waals surface area contributed by atoms with Crippen LogP contribution < -0.4 is 0 Å². The van der Waals surface area contributed by atoms with E-state index in [1.807, 2.05) is 6.92 Å². The molecule has 4 rings (SSSR count). The average Bonchev–Trinajstić information content (AvgIpc) is 2.91. The Hall–Kier alpha value is -1.79. The topological polar surface area (TPSA) is 101 Å². The molecule has 4 aliphatic rings. The van der Waals surface area contributed by atoms with Crippen LogP contribution in [0.4, 0.5) is 0 Å². The van der Waals surface area contributed by atoms with Gasteiger partial charge >= 0.3 is 5.97 Å². The van der Waals surface area contributed by atoms with Crippen molar-refractivity contribution >= 4 is 17.5 Å². The van der Waals surface area contributed by atoms with E-state index < -0.39 is 35.5 Å². The molecular formula is C23H30O6. The first-order chi connectivity index (χ1) is 13.5. The van der Waals surface area contributed by atoms with Gasteiger partial charge in [0, 0.05) is 24.7 Å². The Morgan fingerprint density at radius 2 is 1.90 bits per heavy atom. The minimum absolute atomic E-state index is 0.0791.